The monoisotopic (exact) mass is 514 g/mol. The van der Waals surface area contributed by atoms with E-state index in [4.69, 9.17) is 39.5 Å². The van der Waals surface area contributed by atoms with Gasteiger partial charge in [0.05, 0.1) is 16.3 Å². The van der Waals surface area contributed by atoms with E-state index < -0.39 is 17.8 Å². The van der Waals surface area contributed by atoms with E-state index in [1.54, 1.807) is 24.3 Å². The molecule has 0 spiro atoms. The van der Waals surface area contributed by atoms with Crippen LogP contribution in [0.4, 0.5) is 11.4 Å². The first kappa shape index (κ1) is 23.8. The number of nitrogens with zero attached hydrogens (tertiary/aromatic N) is 1. The highest BCUT2D eigenvalue weighted by atomic mass is 35.5. The predicted octanol–water partition coefficient (Wildman–Crippen LogP) is 6.21. The fraction of sp³-hybridized carbons (Fsp3) is 0.0800. The maximum Gasteiger partial charge on any atom is 0.343 e. The van der Waals surface area contributed by atoms with Crippen molar-refractivity contribution in [2.75, 3.05) is 10.2 Å². The highest BCUT2D eigenvalue weighted by Gasteiger charge is 2.39. The number of nitrogens with one attached hydrogen (secondary N) is 1. The summed E-state index contributed by atoms with van der Waals surface area (Å²) in [5.74, 6) is -1.47. The van der Waals surface area contributed by atoms with Crippen molar-refractivity contribution in [3.63, 3.8) is 0 Å². The van der Waals surface area contributed by atoms with E-state index in [-0.39, 0.29) is 21.4 Å². The smallest absolute Gasteiger partial charge is 0.343 e. The maximum atomic E-state index is 12.9. The Morgan fingerprint density at radius 1 is 0.912 bits per heavy atom. The van der Waals surface area contributed by atoms with Gasteiger partial charge >= 0.3 is 5.97 Å². The second kappa shape index (κ2) is 9.89. The third-order valence-corrected chi connectivity index (χ3v) is 6.00. The van der Waals surface area contributed by atoms with Crippen LogP contribution in [0.5, 0.6) is 5.75 Å². The van der Waals surface area contributed by atoms with Crippen LogP contribution in [0, 0.1) is 0 Å². The summed E-state index contributed by atoms with van der Waals surface area (Å²) < 4.78 is 5.39. The summed E-state index contributed by atoms with van der Waals surface area (Å²) in [7, 11) is 0. The molecule has 0 saturated heterocycles. The van der Waals surface area contributed by atoms with E-state index in [9.17, 15) is 14.4 Å². The first-order valence-electron chi connectivity index (χ1n) is 10.2. The Bertz CT molecular complexity index is 1320. The van der Waals surface area contributed by atoms with Gasteiger partial charge in [-0.25, -0.2) is 9.69 Å². The van der Waals surface area contributed by atoms with E-state index >= 15 is 0 Å². The third-order valence-electron chi connectivity index (χ3n) is 5.11. The molecule has 0 saturated carbocycles. The number of halogens is 3. The summed E-state index contributed by atoms with van der Waals surface area (Å²) in [4.78, 5) is 38.9. The number of benzene rings is 3. The summed E-state index contributed by atoms with van der Waals surface area (Å²) in [5.41, 5.74) is 1.96. The highest BCUT2D eigenvalue weighted by Crippen LogP contribution is 2.35. The lowest BCUT2D eigenvalue weighted by atomic mass is 10.1. The standard InChI is InChI=1S/C25H17Cl3N2O4/c1-2-14-3-10-18(11-4-14)34-25(33)15-5-8-17(9-6-15)29-22-21(28)23(31)30(24(22)32)20-12-7-16(26)13-19(20)27/h3-13,29H,2H2,1H3. The number of rotatable bonds is 6. The number of carbonyl (C=O) groups is 3. The largest absolute Gasteiger partial charge is 0.423 e. The van der Waals surface area contributed by atoms with Crippen LogP contribution in [-0.4, -0.2) is 17.8 Å². The highest BCUT2D eigenvalue weighted by molar-refractivity contribution is 6.53. The minimum Gasteiger partial charge on any atom is -0.423 e. The predicted molar refractivity (Wildman–Crippen MR) is 133 cm³/mol. The lowest BCUT2D eigenvalue weighted by Crippen LogP contribution is -2.32. The molecule has 1 aliphatic heterocycles. The van der Waals surface area contributed by atoms with E-state index in [1.807, 2.05) is 19.1 Å². The maximum absolute atomic E-state index is 12.9. The summed E-state index contributed by atoms with van der Waals surface area (Å²) in [6, 6.07) is 17.9. The normalized spacial score (nSPS) is 13.5. The first-order valence-corrected chi connectivity index (χ1v) is 11.3. The van der Waals surface area contributed by atoms with Crippen molar-refractivity contribution in [1.29, 1.82) is 0 Å². The van der Waals surface area contributed by atoms with Gasteiger partial charge in [-0.3, -0.25) is 9.59 Å². The molecule has 4 rings (SSSR count). The zero-order chi connectivity index (χ0) is 24.4. The molecule has 0 unspecified atom stereocenters. The Balaban J connectivity index is 1.47. The van der Waals surface area contributed by atoms with Crippen LogP contribution in [0.1, 0.15) is 22.8 Å². The number of imide groups is 1. The van der Waals surface area contributed by atoms with Crippen molar-refractivity contribution < 1.29 is 19.1 Å². The fourth-order valence-corrected chi connectivity index (χ4v) is 3.99. The van der Waals surface area contributed by atoms with E-state index in [0.29, 0.717) is 22.0 Å². The summed E-state index contributed by atoms with van der Waals surface area (Å²) in [6.45, 7) is 2.04. The molecule has 0 atom stereocenters. The van der Waals surface area contributed by atoms with E-state index in [1.165, 1.54) is 30.3 Å². The van der Waals surface area contributed by atoms with E-state index in [0.717, 1.165) is 16.9 Å². The van der Waals surface area contributed by atoms with Crippen molar-refractivity contribution in [3.8, 4) is 5.75 Å². The lowest BCUT2D eigenvalue weighted by molar-refractivity contribution is -0.120. The Labute approximate surface area is 210 Å². The van der Waals surface area contributed by atoms with Gasteiger partial charge in [0.2, 0.25) is 0 Å². The number of aryl methyl sites for hydroxylation is 1. The molecule has 34 heavy (non-hydrogen) atoms. The minimum absolute atomic E-state index is 0.107. The first-order chi connectivity index (χ1) is 16.3. The van der Waals surface area contributed by atoms with Crippen LogP contribution in [0.25, 0.3) is 0 Å². The van der Waals surface area contributed by atoms with Gasteiger partial charge in [0.1, 0.15) is 16.5 Å². The number of amides is 2. The van der Waals surface area contributed by atoms with Gasteiger partial charge in [-0.2, -0.15) is 0 Å². The Morgan fingerprint density at radius 3 is 2.21 bits per heavy atom. The molecule has 9 heteroatoms. The molecule has 2 amide bonds. The van der Waals surface area contributed by atoms with Gasteiger partial charge in [-0.15, -0.1) is 0 Å². The molecular weight excluding hydrogens is 499 g/mol. The molecule has 172 valence electrons. The Hall–Kier alpha value is -3.32. The molecule has 0 bridgehead atoms. The summed E-state index contributed by atoms with van der Waals surface area (Å²) in [5, 5.41) is 3.06. The zero-order valence-corrected chi connectivity index (χ0v) is 20.0. The number of hydrogen-bond donors (Lipinski definition) is 1. The van der Waals surface area contributed by atoms with Crippen LogP contribution < -0.4 is 15.0 Å². The summed E-state index contributed by atoms with van der Waals surface area (Å²) >= 11 is 18.2. The molecule has 3 aromatic carbocycles. The number of hydrogen-bond acceptors (Lipinski definition) is 5. The number of carbonyl (C=O) groups excluding carboxylic acids is 3. The molecule has 0 aliphatic carbocycles. The van der Waals surface area contributed by atoms with Crippen molar-refractivity contribution in [1.82, 2.24) is 0 Å². The van der Waals surface area contributed by atoms with Gasteiger partial charge in [0.15, 0.2) is 0 Å². The second-order valence-electron chi connectivity index (χ2n) is 7.32. The average Bonchev–Trinajstić information content (AvgIpc) is 3.03. The molecule has 0 fully saturated rings. The Kier molecular flexibility index (Phi) is 6.93. The second-order valence-corrected chi connectivity index (χ2v) is 8.54. The lowest BCUT2D eigenvalue weighted by Gasteiger charge is -2.16. The molecule has 0 radical (unpaired) electrons. The van der Waals surface area contributed by atoms with Crippen LogP contribution in [0.3, 0.4) is 0 Å². The van der Waals surface area contributed by atoms with Gasteiger partial charge in [0, 0.05) is 10.7 Å². The van der Waals surface area contributed by atoms with Gasteiger partial charge < -0.3 is 10.1 Å². The zero-order valence-electron chi connectivity index (χ0n) is 17.8. The van der Waals surface area contributed by atoms with Crippen LogP contribution in [-0.2, 0) is 16.0 Å². The minimum atomic E-state index is -0.715. The van der Waals surface area contributed by atoms with Gasteiger partial charge in [-0.05, 0) is 66.6 Å². The molecule has 1 aliphatic rings. The van der Waals surface area contributed by atoms with Gasteiger partial charge in [-0.1, -0.05) is 53.9 Å². The SMILES string of the molecule is CCc1ccc(OC(=O)c2ccc(NC3=C(Cl)C(=O)N(c4ccc(Cl)cc4Cl)C3=O)cc2)cc1. The average molecular weight is 516 g/mol. The van der Waals surface area contributed by atoms with Crippen molar-refractivity contribution in [3.05, 3.63) is 98.6 Å². The van der Waals surface area contributed by atoms with Crippen molar-refractivity contribution in [2.45, 2.75) is 13.3 Å². The quantitative estimate of drug-likeness (QED) is 0.240. The molecule has 1 heterocycles. The molecule has 3 aromatic rings. The molecule has 6 nitrogen and oxygen atoms in total. The van der Waals surface area contributed by atoms with Crippen LogP contribution in [0.2, 0.25) is 10.0 Å². The third kappa shape index (κ3) is 4.80. The van der Waals surface area contributed by atoms with E-state index in [2.05, 4.69) is 5.32 Å². The fourth-order valence-electron chi connectivity index (χ4n) is 3.29. The number of ether oxygens (including phenoxy) is 1. The van der Waals surface area contributed by atoms with Crippen LogP contribution >= 0.6 is 34.8 Å². The Morgan fingerprint density at radius 2 is 1.59 bits per heavy atom. The molecule has 1 N–H and O–H groups in total. The summed E-state index contributed by atoms with van der Waals surface area (Å²) in [6.07, 6.45) is 0.891. The molecule has 0 aromatic heterocycles. The van der Waals surface area contributed by atoms with Crippen LogP contribution in [0.15, 0.2) is 77.5 Å². The topological polar surface area (TPSA) is 75.7 Å². The van der Waals surface area contributed by atoms with Crippen molar-refractivity contribution in [2.24, 2.45) is 0 Å². The number of anilines is 2. The molecular formula is C25H17Cl3N2O4. The number of esters is 1. The van der Waals surface area contributed by atoms with Crippen molar-refractivity contribution >= 4 is 64.0 Å². The van der Waals surface area contributed by atoms with Gasteiger partial charge in [0.25, 0.3) is 11.8 Å².